The van der Waals surface area contributed by atoms with Crippen molar-refractivity contribution in [3.05, 3.63) is 35.5 Å². The summed E-state index contributed by atoms with van der Waals surface area (Å²) in [6.07, 6.45) is 1.90. The molecule has 0 saturated heterocycles. The van der Waals surface area contributed by atoms with Gasteiger partial charge in [0, 0.05) is 16.6 Å². The van der Waals surface area contributed by atoms with Crippen molar-refractivity contribution in [1.82, 2.24) is 4.98 Å². The van der Waals surface area contributed by atoms with Crippen LogP contribution in [-0.4, -0.2) is 18.4 Å². The average molecular weight is 200 g/mol. The standard InChI is InChI=1S/C12H10NO2/c1-8-3-5-10-9(7-14)4-6-11(15-2)12(10)13-8/h3-6H,1-2H3. The Labute approximate surface area is 87.7 Å². The van der Waals surface area contributed by atoms with Gasteiger partial charge in [0.2, 0.25) is 6.29 Å². The molecule has 0 aliphatic heterocycles. The molecule has 3 heteroatoms. The molecule has 1 aromatic heterocycles. The first-order valence-electron chi connectivity index (χ1n) is 4.59. The zero-order chi connectivity index (χ0) is 10.8. The van der Waals surface area contributed by atoms with Crippen LogP contribution in [0.25, 0.3) is 10.9 Å². The number of nitrogens with zero attached hydrogens (tertiary/aromatic N) is 1. The topological polar surface area (TPSA) is 39.2 Å². The SMILES string of the molecule is COc1ccc([C]=O)c2ccc(C)nc12. The third kappa shape index (κ3) is 1.56. The van der Waals surface area contributed by atoms with Crippen molar-refractivity contribution in [2.75, 3.05) is 7.11 Å². The van der Waals surface area contributed by atoms with Crippen LogP contribution in [0.5, 0.6) is 5.75 Å². The van der Waals surface area contributed by atoms with Gasteiger partial charge < -0.3 is 4.74 Å². The van der Waals surface area contributed by atoms with E-state index in [1.807, 2.05) is 25.3 Å². The minimum atomic E-state index is 0.512. The quantitative estimate of drug-likeness (QED) is 0.744. The van der Waals surface area contributed by atoms with E-state index in [0.29, 0.717) is 16.8 Å². The van der Waals surface area contributed by atoms with Crippen molar-refractivity contribution in [2.45, 2.75) is 6.92 Å². The second-order valence-corrected chi connectivity index (χ2v) is 3.27. The largest absolute Gasteiger partial charge is 0.494 e. The fourth-order valence-corrected chi connectivity index (χ4v) is 1.54. The number of fused-ring (bicyclic) bond motifs is 1. The predicted octanol–water partition coefficient (Wildman–Crippen LogP) is 2.01. The van der Waals surface area contributed by atoms with Crippen LogP contribution in [0.1, 0.15) is 11.3 Å². The first-order valence-corrected chi connectivity index (χ1v) is 4.59. The molecule has 15 heavy (non-hydrogen) atoms. The molecule has 0 bridgehead atoms. The van der Waals surface area contributed by atoms with Gasteiger partial charge in [0.25, 0.3) is 0 Å². The molecule has 1 radical (unpaired) electrons. The maximum Gasteiger partial charge on any atom is 0.234 e. The lowest BCUT2D eigenvalue weighted by molar-refractivity contribution is 0.419. The number of carbonyl (C=O) groups excluding carboxylic acids is 1. The fourth-order valence-electron chi connectivity index (χ4n) is 1.54. The van der Waals surface area contributed by atoms with Gasteiger partial charge in [0.1, 0.15) is 11.3 Å². The number of aryl methyl sites for hydroxylation is 1. The van der Waals surface area contributed by atoms with Gasteiger partial charge in [-0.3, -0.25) is 4.79 Å². The van der Waals surface area contributed by atoms with Gasteiger partial charge in [-0.2, -0.15) is 0 Å². The molecule has 2 rings (SSSR count). The lowest BCUT2D eigenvalue weighted by Gasteiger charge is -2.06. The highest BCUT2D eigenvalue weighted by Gasteiger charge is 2.07. The zero-order valence-electron chi connectivity index (χ0n) is 8.57. The Bertz CT molecular complexity index is 520. The highest BCUT2D eigenvalue weighted by atomic mass is 16.5. The Morgan fingerprint density at radius 1 is 1.27 bits per heavy atom. The highest BCUT2D eigenvalue weighted by molar-refractivity contribution is 5.99. The molecule has 0 saturated carbocycles. The van der Waals surface area contributed by atoms with Crippen molar-refractivity contribution in [3.8, 4) is 5.75 Å². The first kappa shape index (κ1) is 9.65. The molecule has 0 aliphatic carbocycles. The maximum absolute atomic E-state index is 10.7. The molecule has 1 aromatic carbocycles. The molecule has 0 N–H and O–H groups in total. The van der Waals surface area contributed by atoms with Crippen molar-refractivity contribution >= 4 is 17.2 Å². The molecule has 2 aromatic rings. The summed E-state index contributed by atoms with van der Waals surface area (Å²) in [5, 5.41) is 0.773. The van der Waals surface area contributed by atoms with E-state index in [1.165, 1.54) is 0 Å². The normalized spacial score (nSPS) is 10.3. The summed E-state index contributed by atoms with van der Waals surface area (Å²) >= 11 is 0. The van der Waals surface area contributed by atoms with Crippen LogP contribution >= 0.6 is 0 Å². The molecule has 1 heterocycles. The van der Waals surface area contributed by atoms with E-state index < -0.39 is 0 Å². The second-order valence-electron chi connectivity index (χ2n) is 3.27. The Balaban J connectivity index is 2.86. The van der Waals surface area contributed by atoms with Crippen LogP contribution in [-0.2, 0) is 4.79 Å². The van der Waals surface area contributed by atoms with Crippen LogP contribution in [0, 0.1) is 6.92 Å². The third-order valence-electron chi connectivity index (χ3n) is 2.29. The number of methoxy groups -OCH3 is 1. The van der Waals surface area contributed by atoms with Gasteiger partial charge in [-0.15, -0.1) is 0 Å². The van der Waals surface area contributed by atoms with E-state index in [9.17, 15) is 4.79 Å². The van der Waals surface area contributed by atoms with Gasteiger partial charge in [-0.1, -0.05) is 6.07 Å². The van der Waals surface area contributed by atoms with Gasteiger partial charge in [-0.25, -0.2) is 4.98 Å². The highest BCUT2D eigenvalue weighted by Crippen LogP contribution is 2.26. The lowest BCUT2D eigenvalue weighted by Crippen LogP contribution is -1.93. The van der Waals surface area contributed by atoms with E-state index in [0.717, 1.165) is 11.1 Å². The van der Waals surface area contributed by atoms with Crippen LogP contribution in [0.15, 0.2) is 24.3 Å². The molecule has 0 atom stereocenters. The molecule has 0 fully saturated rings. The number of pyridine rings is 1. The fraction of sp³-hybridized carbons (Fsp3) is 0.167. The summed E-state index contributed by atoms with van der Waals surface area (Å²) in [6.45, 7) is 1.90. The van der Waals surface area contributed by atoms with E-state index in [1.54, 1.807) is 19.2 Å². The monoisotopic (exact) mass is 200 g/mol. The second kappa shape index (κ2) is 3.69. The predicted molar refractivity (Wildman–Crippen MR) is 57.8 cm³/mol. The van der Waals surface area contributed by atoms with Gasteiger partial charge in [0.15, 0.2) is 0 Å². The maximum atomic E-state index is 10.7. The number of benzene rings is 1. The van der Waals surface area contributed by atoms with Gasteiger partial charge in [0.05, 0.1) is 7.11 Å². The van der Waals surface area contributed by atoms with Gasteiger partial charge >= 0.3 is 0 Å². The Morgan fingerprint density at radius 3 is 2.73 bits per heavy atom. The molecule has 75 valence electrons. The number of aromatic nitrogens is 1. The number of hydrogen-bond donors (Lipinski definition) is 0. The summed E-state index contributed by atoms with van der Waals surface area (Å²) in [4.78, 5) is 15.1. The number of ether oxygens (including phenoxy) is 1. The molecule has 3 nitrogen and oxygen atoms in total. The van der Waals surface area contributed by atoms with E-state index in [-0.39, 0.29) is 0 Å². The molecular formula is C12H10NO2. The Hall–Kier alpha value is -1.90. The van der Waals surface area contributed by atoms with Crippen molar-refractivity contribution in [2.24, 2.45) is 0 Å². The first-order chi connectivity index (χ1) is 7.26. The summed E-state index contributed by atoms with van der Waals surface area (Å²) in [7, 11) is 1.59. The van der Waals surface area contributed by atoms with Crippen molar-refractivity contribution in [1.29, 1.82) is 0 Å². The Morgan fingerprint density at radius 2 is 2.07 bits per heavy atom. The smallest absolute Gasteiger partial charge is 0.234 e. The van der Waals surface area contributed by atoms with Crippen LogP contribution in [0.2, 0.25) is 0 Å². The number of hydrogen-bond acceptors (Lipinski definition) is 3. The summed E-state index contributed by atoms with van der Waals surface area (Å²) in [5.41, 5.74) is 2.11. The number of rotatable bonds is 2. The molecule has 0 spiro atoms. The molecule has 0 amide bonds. The molecule has 0 aliphatic rings. The summed E-state index contributed by atoms with van der Waals surface area (Å²) < 4.78 is 5.19. The lowest BCUT2D eigenvalue weighted by atomic mass is 10.1. The van der Waals surface area contributed by atoms with E-state index in [2.05, 4.69) is 4.98 Å². The van der Waals surface area contributed by atoms with Gasteiger partial charge in [-0.05, 0) is 25.1 Å². The van der Waals surface area contributed by atoms with Crippen molar-refractivity contribution in [3.63, 3.8) is 0 Å². The van der Waals surface area contributed by atoms with Crippen LogP contribution < -0.4 is 4.74 Å². The van der Waals surface area contributed by atoms with Crippen molar-refractivity contribution < 1.29 is 9.53 Å². The van der Waals surface area contributed by atoms with E-state index in [4.69, 9.17) is 4.74 Å². The molecule has 0 unspecified atom stereocenters. The molecular weight excluding hydrogens is 190 g/mol. The summed E-state index contributed by atoms with van der Waals surface area (Å²) in [6, 6.07) is 7.14. The summed E-state index contributed by atoms with van der Waals surface area (Å²) in [5.74, 6) is 0.674. The average Bonchev–Trinajstić information content (AvgIpc) is 2.27. The third-order valence-corrected chi connectivity index (χ3v) is 2.29. The minimum Gasteiger partial charge on any atom is -0.494 e. The van der Waals surface area contributed by atoms with E-state index >= 15 is 0 Å². The minimum absolute atomic E-state index is 0.512. The zero-order valence-corrected chi connectivity index (χ0v) is 8.57. The van der Waals surface area contributed by atoms with Crippen LogP contribution in [0.3, 0.4) is 0 Å². The Kier molecular flexibility index (Phi) is 2.37. The van der Waals surface area contributed by atoms with Crippen LogP contribution in [0.4, 0.5) is 0 Å².